The van der Waals surface area contributed by atoms with Gasteiger partial charge in [0.25, 0.3) is 5.56 Å². The van der Waals surface area contributed by atoms with Gasteiger partial charge in [0.05, 0.1) is 13.4 Å². The number of aromatic nitrogens is 4. The maximum Gasteiger partial charge on any atom is 0.297 e. The molecule has 96 valence electrons. The van der Waals surface area contributed by atoms with Crippen molar-refractivity contribution in [3.05, 3.63) is 40.1 Å². The summed E-state index contributed by atoms with van der Waals surface area (Å²) in [4.78, 5) is 20.1. The van der Waals surface area contributed by atoms with Crippen molar-refractivity contribution >= 4 is 11.6 Å². The lowest BCUT2D eigenvalue weighted by atomic mass is 10.4. The normalized spacial score (nSPS) is 10.6. The van der Waals surface area contributed by atoms with Crippen molar-refractivity contribution in [2.24, 2.45) is 7.05 Å². The molecule has 0 aromatic carbocycles. The highest BCUT2D eigenvalue weighted by Gasteiger charge is 2.10. The van der Waals surface area contributed by atoms with Gasteiger partial charge < -0.3 is 9.30 Å². The maximum atomic E-state index is 12.0. The van der Waals surface area contributed by atoms with Gasteiger partial charge in [0.2, 0.25) is 5.75 Å². The summed E-state index contributed by atoms with van der Waals surface area (Å²) in [6.07, 6.45) is 5.63. The molecule has 0 atom stereocenters. The van der Waals surface area contributed by atoms with Gasteiger partial charge in [-0.25, -0.2) is 9.97 Å². The largest absolute Gasteiger partial charge is 0.489 e. The van der Waals surface area contributed by atoms with Crippen LogP contribution in [0.5, 0.6) is 5.75 Å². The third-order valence-electron chi connectivity index (χ3n) is 2.65. The van der Waals surface area contributed by atoms with E-state index in [1.54, 1.807) is 6.20 Å². The van der Waals surface area contributed by atoms with Gasteiger partial charge in [0.15, 0.2) is 5.15 Å². The molecule has 2 rings (SSSR count). The molecule has 0 fully saturated rings. The quantitative estimate of drug-likeness (QED) is 0.773. The van der Waals surface area contributed by atoms with Crippen molar-refractivity contribution in [3.8, 4) is 5.75 Å². The van der Waals surface area contributed by atoms with Crippen molar-refractivity contribution in [2.75, 3.05) is 7.11 Å². The average molecular weight is 269 g/mol. The van der Waals surface area contributed by atoms with Crippen LogP contribution < -0.4 is 10.3 Å². The van der Waals surface area contributed by atoms with Gasteiger partial charge in [-0.05, 0) is 0 Å². The minimum Gasteiger partial charge on any atom is -0.489 e. The van der Waals surface area contributed by atoms with E-state index in [2.05, 4.69) is 9.97 Å². The number of hydrogen-bond donors (Lipinski definition) is 0. The van der Waals surface area contributed by atoms with E-state index >= 15 is 0 Å². The van der Waals surface area contributed by atoms with Crippen molar-refractivity contribution in [1.82, 2.24) is 19.1 Å². The minimum absolute atomic E-state index is 0.0685. The van der Waals surface area contributed by atoms with Gasteiger partial charge in [-0.1, -0.05) is 11.6 Å². The lowest BCUT2D eigenvalue weighted by Crippen LogP contribution is -2.23. The second-order valence-corrected chi connectivity index (χ2v) is 4.13. The summed E-state index contributed by atoms with van der Waals surface area (Å²) >= 11 is 5.76. The Morgan fingerprint density at radius 3 is 2.83 bits per heavy atom. The summed E-state index contributed by atoms with van der Waals surface area (Å²) in [6, 6.07) is 0. The highest BCUT2D eigenvalue weighted by atomic mass is 35.5. The molecular weight excluding hydrogens is 256 g/mol. The van der Waals surface area contributed by atoms with Crippen molar-refractivity contribution in [2.45, 2.75) is 13.0 Å². The zero-order valence-electron chi connectivity index (χ0n) is 10.1. The number of rotatable bonds is 4. The van der Waals surface area contributed by atoms with Gasteiger partial charge >= 0.3 is 0 Å². The van der Waals surface area contributed by atoms with Crippen LogP contribution in [0.15, 0.2) is 23.5 Å². The molecule has 7 heteroatoms. The molecule has 0 radical (unpaired) electrons. The van der Waals surface area contributed by atoms with Gasteiger partial charge in [0.1, 0.15) is 5.82 Å². The molecule has 0 aliphatic carbocycles. The van der Waals surface area contributed by atoms with Crippen LogP contribution in [0, 0.1) is 0 Å². The molecule has 0 saturated heterocycles. The molecule has 18 heavy (non-hydrogen) atoms. The third kappa shape index (κ3) is 2.38. The molecule has 0 aliphatic heterocycles. The number of halogens is 1. The van der Waals surface area contributed by atoms with Gasteiger partial charge in [0, 0.05) is 32.4 Å². The van der Waals surface area contributed by atoms with Crippen LogP contribution >= 0.6 is 11.6 Å². The van der Waals surface area contributed by atoms with E-state index in [-0.39, 0.29) is 16.5 Å². The number of ether oxygens (including phenoxy) is 1. The SMILES string of the molecule is COc1c(Cl)ncn(CCc2nccn2C)c1=O. The van der Waals surface area contributed by atoms with Gasteiger partial charge in [-0.3, -0.25) is 9.36 Å². The molecule has 2 aromatic heterocycles. The molecule has 0 saturated carbocycles. The first-order valence-corrected chi connectivity index (χ1v) is 5.76. The Hall–Kier alpha value is -1.82. The average Bonchev–Trinajstić information content (AvgIpc) is 2.75. The van der Waals surface area contributed by atoms with E-state index in [4.69, 9.17) is 16.3 Å². The fourth-order valence-corrected chi connectivity index (χ4v) is 1.84. The van der Waals surface area contributed by atoms with E-state index in [0.29, 0.717) is 13.0 Å². The van der Waals surface area contributed by atoms with E-state index in [0.717, 1.165) is 5.82 Å². The zero-order chi connectivity index (χ0) is 13.1. The molecule has 2 aromatic rings. The number of nitrogens with zero attached hydrogens (tertiary/aromatic N) is 4. The van der Waals surface area contributed by atoms with Crippen LogP contribution in [-0.4, -0.2) is 26.2 Å². The summed E-state index contributed by atoms with van der Waals surface area (Å²) in [5.74, 6) is 0.967. The first-order valence-electron chi connectivity index (χ1n) is 5.38. The van der Waals surface area contributed by atoms with E-state index in [9.17, 15) is 4.79 Å². The van der Waals surface area contributed by atoms with Crippen molar-refractivity contribution in [1.29, 1.82) is 0 Å². The Bertz CT molecular complexity index is 605. The second-order valence-electron chi connectivity index (χ2n) is 3.77. The lowest BCUT2D eigenvalue weighted by Gasteiger charge is -2.08. The monoisotopic (exact) mass is 268 g/mol. The highest BCUT2D eigenvalue weighted by Crippen LogP contribution is 2.14. The molecule has 0 bridgehead atoms. The third-order valence-corrected chi connectivity index (χ3v) is 2.92. The fourth-order valence-electron chi connectivity index (χ4n) is 1.64. The number of hydrogen-bond acceptors (Lipinski definition) is 4. The summed E-state index contributed by atoms with van der Waals surface area (Å²) in [7, 11) is 3.30. The Labute approximate surface area is 109 Å². The fraction of sp³-hybridized carbons (Fsp3) is 0.364. The first-order chi connectivity index (χ1) is 8.63. The standard InChI is InChI=1S/C11H13ClN4O2/c1-15-6-4-13-8(15)3-5-16-7-14-10(12)9(18-2)11(16)17/h4,6-7H,3,5H2,1-2H3. The summed E-state index contributed by atoms with van der Waals surface area (Å²) in [5.41, 5.74) is -0.285. The van der Waals surface area contributed by atoms with Crippen LogP contribution in [0.4, 0.5) is 0 Å². The van der Waals surface area contributed by atoms with Crippen LogP contribution in [0.1, 0.15) is 5.82 Å². The maximum absolute atomic E-state index is 12.0. The molecule has 0 N–H and O–H groups in total. The lowest BCUT2D eigenvalue weighted by molar-refractivity contribution is 0.399. The van der Waals surface area contributed by atoms with E-state index < -0.39 is 0 Å². The Morgan fingerprint density at radius 2 is 2.22 bits per heavy atom. The van der Waals surface area contributed by atoms with Crippen molar-refractivity contribution in [3.63, 3.8) is 0 Å². The van der Waals surface area contributed by atoms with Crippen LogP contribution in [0.25, 0.3) is 0 Å². The summed E-state index contributed by atoms with van der Waals surface area (Å²) < 4.78 is 8.29. The van der Waals surface area contributed by atoms with Gasteiger partial charge in [-0.2, -0.15) is 0 Å². The van der Waals surface area contributed by atoms with Crippen LogP contribution in [0.3, 0.4) is 0 Å². The van der Waals surface area contributed by atoms with Crippen LogP contribution in [-0.2, 0) is 20.0 Å². The Morgan fingerprint density at radius 1 is 1.44 bits per heavy atom. The molecular formula is C11H13ClN4O2. The van der Waals surface area contributed by atoms with E-state index in [1.165, 1.54) is 18.0 Å². The Kier molecular flexibility index (Phi) is 3.66. The summed E-state index contributed by atoms with van der Waals surface area (Å²) in [6.45, 7) is 0.476. The van der Waals surface area contributed by atoms with E-state index in [1.807, 2.05) is 17.8 Å². The molecule has 6 nitrogen and oxygen atoms in total. The summed E-state index contributed by atoms with van der Waals surface area (Å²) in [5, 5.41) is 0.0794. The second kappa shape index (κ2) is 5.22. The first kappa shape index (κ1) is 12.6. The smallest absolute Gasteiger partial charge is 0.297 e. The predicted molar refractivity (Wildman–Crippen MR) is 67.0 cm³/mol. The molecule has 0 unspecified atom stereocenters. The van der Waals surface area contributed by atoms with Gasteiger partial charge in [-0.15, -0.1) is 0 Å². The van der Waals surface area contributed by atoms with Crippen LogP contribution in [0.2, 0.25) is 5.15 Å². The number of imidazole rings is 1. The minimum atomic E-state index is -0.285. The molecule has 0 aliphatic rings. The zero-order valence-corrected chi connectivity index (χ0v) is 10.9. The molecule has 2 heterocycles. The topological polar surface area (TPSA) is 61.9 Å². The molecule has 0 spiro atoms. The highest BCUT2D eigenvalue weighted by molar-refractivity contribution is 6.30. The Balaban J connectivity index is 2.20. The predicted octanol–water partition coefficient (Wildman–Crippen LogP) is 0.881. The number of methoxy groups -OCH3 is 1. The number of aryl methyl sites for hydroxylation is 3. The van der Waals surface area contributed by atoms with Crippen molar-refractivity contribution < 1.29 is 4.74 Å². The molecule has 0 amide bonds.